The van der Waals surface area contributed by atoms with Gasteiger partial charge < -0.3 is 20.9 Å². The maximum Gasteiger partial charge on any atom is 0.416 e. The fourth-order valence-corrected chi connectivity index (χ4v) is 3.69. The first kappa shape index (κ1) is 19.9. The highest BCUT2D eigenvalue weighted by atomic mass is 32.1. The molecule has 3 N–H and O–H groups in total. The van der Waals surface area contributed by atoms with E-state index in [4.69, 9.17) is 5.73 Å². The zero-order valence-electron chi connectivity index (χ0n) is 14.9. The topological polar surface area (TPSA) is 91.6 Å². The predicted molar refractivity (Wildman–Crippen MR) is 99.5 cm³/mol. The quantitative estimate of drug-likeness (QED) is 0.804. The van der Waals surface area contributed by atoms with E-state index < -0.39 is 17.6 Å². The third-order valence-corrected chi connectivity index (χ3v) is 5.32. The molecule has 0 atom stereocenters. The molecule has 0 aliphatic carbocycles. The normalized spacial score (nSPS) is 14.9. The number of hydrogen-bond donors (Lipinski definition) is 2. The van der Waals surface area contributed by atoms with Gasteiger partial charge in [0.15, 0.2) is 5.69 Å². The summed E-state index contributed by atoms with van der Waals surface area (Å²) in [5, 5.41) is 2.41. The Balaban J connectivity index is 1.68. The van der Waals surface area contributed by atoms with Crippen LogP contribution in [0.3, 0.4) is 0 Å². The Bertz CT molecular complexity index is 891. The second-order valence-electron chi connectivity index (χ2n) is 6.18. The fraction of sp³-hybridized carbons (Fsp3) is 0.353. The summed E-state index contributed by atoms with van der Waals surface area (Å²) in [5.74, 6) is -0.809. The highest BCUT2D eigenvalue weighted by Crippen LogP contribution is 2.32. The molecule has 11 heteroatoms. The van der Waals surface area contributed by atoms with Crippen LogP contribution in [0.1, 0.15) is 25.7 Å². The number of alkyl halides is 3. The van der Waals surface area contributed by atoms with Crippen LogP contribution in [0.2, 0.25) is 0 Å². The van der Waals surface area contributed by atoms with Crippen molar-refractivity contribution in [3.8, 4) is 0 Å². The van der Waals surface area contributed by atoms with Gasteiger partial charge in [0.05, 0.1) is 11.3 Å². The molecule has 2 heterocycles. The number of nitrogen functional groups attached to an aromatic ring is 1. The SMILES string of the molecule is CNC(=O)c1nsc(C(=O)N2CCN(c3cccc(C(F)(F)F)c3)CC2)c1N. The van der Waals surface area contributed by atoms with Crippen LogP contribution in [0.4, 0.5) is 24.5 Å². The van der Waals surface area contributed by atoms with Crippen LogP contribution in [-0.2, 0) is 6.18 Å². The van der Waals surface area contributed by atoms with Gasteiger partial charge in [-0.3, -0.25) is 9.59 Å². The number of halogens is 3. The number of nitrogens with zero attached hydrogens (tertiary/aromatic N) is 3. The Morgan fingerprint density at radius 2 is 1.89 bits per heavy atom. The number of aromatic nitrogens is 1. The maximum atomic E-state index is 12.9. The molecule has 1 aromatic carbocycles. The molecule has 0 unspecified atom stereocenters. The van der Waals surface area contributed by atoms with Crippen LogP contribution in [0.15, 0.2) is 24.3 Å². The summed E-state index contributed by atoms with van der Waals surface area (Å²) in [5.41, 5.74) is 5.69. The van der Waals surface area contributed by atoms with Crippen molar-refractivity contribution in [1.29, 1.82) is 0 Å². The summed E-state index contributed by atoms with van der Waals surface area (Å²) in [6.07, 6.45) is -4.40. The van der Waals surface area contributed by atoms with Gasteiger partial charge in [0.25, 0.3) is 11.8 Å². The molecule has 150 valence electrons. The molecule has 1 aromatic heterocycles. The lowest BCUT2D eigenvalue weighted by Gasteiger charge is -2.36. The lowest BCUT2D eigenvalue weighted by molar-refractivity contribution is -0.137. The minimum Gasteiger partial charge on any atom is -0.395 e. The Kier molecular flexibility index (Phi) is 5.45. The monoisotopic (exact) mass is 413 g/mol. The van der Waals surface area contributed by atoms with Crippen LogP contribution in [0.25, 0.3) is 0 Å². The van der Waals surface area contributed by atoms with Gasteiger partial charge in [0.2, 0.25) is 0 Å². The largest absolute Gasteiger partial charge is 0.416 e. The number of benzene rings is 1. The number of nitrogens with one attached hydrogen (secondary N) is 1. The molecule has 2 aromatic rings. The Labute approximate surface area is 163 Å². The second kappa shape index (κ2) is 7.66. The van der Waals surface area contributed by atoms with E-state index in [9.17, 15) is 22.8 Å². The average molecular weight is 413 g/mol. The van der Waals surface area contributed by atoms with Crippen LogP contribution >= 0.6 is 11.5 Å². The number of piperazine rings is 1. The van der Waals surface area contributed by atoms with Gasteiger partial charge in [-0.15, -0.1) is 0 Å². The molecule has 7 nitrogen and oxygen atoms in total. The number of rotatable bonds is 3. The zero-order chi connectivity index (χ0) is 20.5. The third-order valence-electron chi connectivity index (χ3n) is 4.47. The lowest BCUT2D eigenvalue weighted by atomic mass is 10.1. The number of carbonyl (C=O) groups excluding carboxylic acids is 2. The van der Waals surface area contributed by atoms with E-state index in [2.05, 4.69) is 9.69 Å². The molecule has 0 saturated carbocycles. The molecule has 1 saturated heterocycles. The molecule has 1 aliphatic heterocycles. The van der Waals surface area contributed by atoms with E-state index in [1.807, 2.05) is 0 Å². The Morgan fingerprint density at radius 3 is 2.50 bits per heavy atom. The smallest absolute Gasteiger partial charge is 0.395 e. The first-order chi connectivity index (χ1) is 13.2. The van der Waals surface area contributed by atoms with Crippen molar-refractivity contribution >= 4 is 34.7 Å². The van der Waals surface area contributed by atoms with E-state index in [-0.39, 0.29) is 22.2 Å². The van der Waals surface area contributed by atoms with Crippen LogP contribution in [0, 0.1) is 0 Å². The van der Waals surface area contributed by atoms with Gasteiger partial charge in [0, 0.05) is 38.9 Å². The summed E-state index contributed by atoms with van der Waals surface area (Å²) in [6, 6.07) is 5.12. The molecular formula is C17H18F3N5O2S. The van der Waals surface area contributed by atoms with E-state index in [0.717, 1.165) is 23.7 Å². The van der Waals surface area contributed by atoms with Crippen molar-refractivity contribution in [3.05, 3.63) is 40.4 Å². The molecule has 2 amide bonds. The lowest BCUT2D eigenvalue weighted by Crippen LogP contribution is -2.48. The average Bonchev–Trinajstić information content (AvgIpc) is 3.07. The molecule has 0 bridgehead atoms. The molecule has 3 rings (SSSR count). The van der Waals surface area contributed by atoms with Crippen molar-refractivity contribution in [2.24, 2.45) is 0 Å². The highest BCUT2D eigenvalue weighted by Gasteiger charge is 2.32. The fourth-order valence-electron chi connectivity index (χ4n) is 2.92. The van der Waals surface area contributed by atoms with Crippen molar-refractivity contribution in [2.45, 2.75) is 6.18 Å². The van der Waals surface area contributed by atoms with Crippen LogP contribution in [0.5, 0.6) is 0 Å². The predicted octanol–water partition coefficient (Wildman–Crippen LogP) is 2.07. The summed E-state index contributed by atoms with van der Waals surface area (Å²) in [4.78, 5) is 27.9. The van der Waals surface area contributed by atoms with Gasteiger partial charge in [-0.05, 0) is 29.7 Å². The number of hydrogen-bond acceptors (Lipinski definition) is 6. The van der Waals surface area contributed by atoms with Crippen molar-refractivity contribution < 1.29 is 22.8 Å². The number of anilines is 2. The van der Waals surface area contributed by atoms with Crippen LogP contribution < -0.4 is 16.0 Å². The summed E-state index contributed by atoms with van der Waals surface area (Å²) in [6.45, 7) is 1.41. The maximum absolute atomic E-state index is 12.9. The molecule has 0 spiro atoms. The number of amides is 2. The molecule has 1 aliphatic rings. The zero-order valence-corrected chi connectivity index (χ0v) is 15.7. The minimum atomic E-state index is -4.40. The molecule has 1 fully saturated rings. The summed E-state index contributed by atoms with van der Waals surface area (Å²) >= 11 is 0.858. The molecular weight excluding hydrogens is 395 g/mol. The third kappa shape index (κ3) is 3.88. The van der Waals surface area contributed by atoms with Crippen molar-refractivity contribution in [1.82, 2.24) is 14.6 Å². The molecule has 28 heavy (non-hydrogen) atoms. The standard InChI is InChI=1S/C17H18F3N5O2S/c1-22-15(26)13-12(21)14(28-23-13)16(27)25-7-5-24(6-8-25)11-4-2-3-10(9-11)17(18,19)20/h2-4,9H,5-8,21H2,1H3,(H,22,26). The van der Waals surface area contributed by atoms with Crippen molar-refractivity contribution in [3.63, 3.8) is 0 Å². The number of nitrogens with two attached hydrogens (primary N) is 1. The Hall–Kier alpha value is -2.82. The van der Waals surface area contributed by atoms with Gasteiger partial charge in [-0.1, -0.05) is 6.07 Å². The first-order valence-corrected chi connectivity index (χ1v) is 9.18. The van der Waals surface area contributed by atoms with E-state index in [0.29, 0.717) is 31.9 Å². The minimum absolute atomic E-state index is 0.0125. The van der Waals surface area contributed by atoms with Gasteiger partial charge in [-0.25, -0.2) is 0 Å². The van der Waals surface area contributed by atoms with Crippen LogP contribution in [-0.4, -0.2) is 54.3 Å². The molecule has 0 radical (unpaired) electrons. The second-order valence-corrected chi connectivity index (χ2v) is 6.95. The first-order valence-electron chi connectivity index (χ1n) is 8.41. The van der Waals surface area contributed by atoms with E-state index >= 15 is 0 Å². The van der Waals surface area contributed by atoms with E-state index in [1.165, 1.54) is 13.1 Å². The van der Waals surface area contributed by atoms with Gasteiger partial charge in [0.1, 0.15) is 4.88 Å². The number of carbonyl (C=O) groups is 2. The van der Waals surface area contributed by atoms with Gasteiger partial charge >= 0.3 is 6.18 Å². The Morgan fingerprint density at radius 1 is 1.21 bits per heavy atom. The highest BCUT2D eigenvalue weighted by molar-refractivity contribution is 7.09. The van der Waals surface area contributed by atoms with Crippen molar-refractivity contribution in [2.75, 3.05) is 43.9 Å². The van der Waals surface area contributed by atoms with Gasteiger partial charge in [-0.2, -0.15) is 17.5 Å². The summed E-state index contributed by atoms with van der Waals surface area (Å²) < 4.78 is 42.6. The van der Waals surface area contributed by atoms with E-state index in [1.54, 1.807) is 15.9 Å². The summed E-state index contributed by atoms with van der Waals surface area (Å²) in [7, 11) is 1.44.